The number of para-hydroxylation sites is 1. The number of aliphatic hydroxyl groups is 1. The second-order valence-corrected chi connectivity index (χ2v) is 4.62. The van der Waals surface area contributed by atoms with Crippen molar-refractivity contribution >= 4 is 23.0 Å². The SMILES string of the molecule is O=[N+]([O-])c1ccccc1CNc1cc(CO)ccc1Cl. The Morgan fingerprint density at radius 3 is 2.70 bits per heavy atom. The van der Waals surface area contributed by atoms with Crippen molar-refractivity contribution in [2.45, 2.75) is 13.2 Å². The molecule has 0 aliphatic carbocycles. The highest BCUT2D eigenvalue weighted by Crippen LogP contribution is 2.25. The van der Waals surface area contributed by atoms with Gasteiger partial charge in [-0.05, 0) is 17.7 Å². The first-order valence-corrected chi connectivity index (χ1v) is 6.35. The molecule has 2 N–H and O–H groups in total. The van der Waals surface area contributed by atoms with Gasteiger partial charge in [0.05, 0.1) is 22.2 Å². The van der Waals surface area contributed by atoms with Gasteiger partial charge in [0.2, 0.25) is 0 Å². The molecule has 2 aromatic rings. The molecule has 104 valence electrons. The van der Waals surface area contributed by atoms with Gasteiger partial charge in [-0.1, -0.05) is 35.9 Å². The van der Waals surface area contributed by atoms with Gasteiger partial charge in [0.15, 0.2) is 0 Å². The molecule has 0 amide bonds. The Hall–Kier alpha value is -2.11. The first kappa shape index (κ1) is 14.3. The smallest absolute Gasteiger partial charge is 0.274 e. The zero-order valence-corrected chi connectivity index (χ0v) is 11.3. The monoisotopic (exact) mass is 292 g/mol. The normalized spacial score (nSPS) is 10.3. The topological polar surface area (TPSA) is 75.4 Å². The molecule has 6 heteroatoms. The number of rotatable bonds is 5. The minimum atomic E-state index is -0.414. The molecule has 0 aromatic heterocycles. The van der Waals surface area contributed by atoms with Crippen LogP contribution in [0, 0.1) is 10.1 Å². The van der Waals surface area contributed by atoms with Gasteiger partial charge in [-0.3, -0.25) is 10.1 Å². The largest absolute Gasteiger partial charge is 0.392 e. The standard InChI is InChI=1S/C14H13ClN2O3/c15-12-6-5-10(9-18)7-13(12)16-8-11-3-1-2-4-14(11)17(19)20/h1-7,16,18H,8-9H2. The number of aliphatic hydroxyl groups excluding tert-OH is 1. The van der Waals surface area contributed by atoms with E-state index in [4.69, 9.17) is 16.7 Å². The minimum absolute atomic E-state index is 0.0643. The van der Waals surface area contributed by atoms with E-state index in [0.717, 1.165) is 5.56 Å². The van der Waals surface area contributed by atoms with E-state index in [1.807, 2.05) is 0 Å². The van der Waals surface area contributed by atoms with E-state index in [1.54, 1.807) is 36.4 Å². The molecule has 5 nitrogen and oxygen atoms in total. The summed E-state index contributed by atoms with van der Waals surface area (Å²) in [6.45, 7) is 0.198. The van der Waals surface area contributed by atoms with E-state index in [9.17, 15) is 10.1 Å². The molecule has 0 spiro atoms. The Kier molecular flexibility index (Phi) is 4.55. The summed E-state index contributed by atoms with van der Waals surface area (Å²) in [5.41, 5.74) is 1.99. The van der Waals surface area contributed by atoms with Crippen LogP contribution in [0.5, 0.6) is 0 Å². The fraction of sp³-hybridized carbons (Fsp3) is 0.143. The Labute approximate surface area is 121 Å². The van der Waals surface area contributed by atoms with Crippen LogP contribution < -0.4 is 5.32 Å². The lowest BCUT2D eigenvalue weighted by Crippen LogP contribution is -2.03. The first-order chi connectivity index (χ1) is 9.61. The van der Waals surface area contributed by atoms with Crippen molar-refractivity contribution in [3.63, 3.8) is 0 Å². The average Bonchev–Trinajstić information content (AvgIpc) is 2.46. The highest BCUT2D eigenvalue weighted by Gasteiger charge is 2.12. The van der Waals surface area contributed by atoms with E-state index >= 15 is 0 Å². The Balaban J connectivity index is 2.19. The highest BCUT2D eigenvalue weighted by molar-refractivity contribution is 6.33. The molecule has 0 aliphatic rings. The van der Waals surface area contributed by atoms with Crippen LogP contribution in [-0.4, -0.2) is 10.0 Å². The summed E-state index contributed by atoms with van der Waals surface area (Å²) in [5, 5.41) is 23.6. The molecule has 2 aromatic carbocycles. The van der Waals surface area contributed by atoms with Crippen molar-refractivity contribution in [2.24, 2.45) is 0 Å². The Bertz CT molecular complexity index is 632. The molecule has 0 heterocycles. The number of nitrogens with one attached hydrogen (secondary N) is 1. The Morgan fingerprint density at radius 2 is 2.00 bits per heavy atom. The maximum Gasteiger partial charge on any atom is 0.274 e. The summed E-state index contributed by atoms with van der Waals surface area (Å²) in [5.74, 6) is 0. The van der Waals surface area contributed by atoms with Crippen LogP contribution in [0.4, 0.5) is 11.4 Å². The number of nitro benzene ring substituents is 1. The molecule has 0 saturated heterocycles. The predicted molar refractivity (Wildman–Crippen MR) is 77.8 cm³/mol. The van der Waals surface area contributed by atoms with E-state index in [-0.39, 0.29) is 18.8 Å². The van der Waals surface area contributed by atoms with Crippen molar-refractivity contribution < 1.29 is 10.0 Å². The van der Waals surface area contributed by atoms with Gasteiger partial charge < -0.3 is 10.4 Å². The third kappa shape index (κ3) is 3.26. The van der Waals surface area contributed by atoms with E-state index in [0.29, 0.717) is 16.3 Å². The van der Waals surface area contributed by atoms with Crippen LogP contribution in [-0.2, 0) is 13.2 Å². The van der Waals surface area contributed by atoms with Gasteiger partial charge in [0, 0.05) is 18.2 Å². The van der Waals surface area contributed by atoms with Crippen molar-refractivity contribution in [1.29, 1.82) is 0 Å². The van der Waals surface area contributed by atoms with E-state index in [2.05, 4.69) is 5.32 Å². The molecule has 20 heavy (non-hydrogen) atoms. The van der Waals surface area contributed by atoms with Gasteiger partial charge in [0.25, 0.3) is 5.69 Å². The molecule has 0 atom stereocenters. The van der Waals surface area contributed by atoms with Crippen LogP contribution in [0.3, 0.4) is 0 Å². The Morgan fingerprint density at radius 1 is 1.25 bits per heavy atom. The summed E-state index contributed by atoms with van der Waals surface area (Å²) in [7, 11) is 0. The molecule has 0 radical (unpaired) electrons. The summed E-state index contributed by atoms with van der Waals surface area (Å²) in [4.78, 5) is 10.5. The van der Waals surface area contributed by atoms with Crippen LogP contribution in [0.1, 0.15) is 11.1 Å². The van der Waals surface area contributed by atoms with Crippen molar-refractivity contribution in [3.05, 3.63) is 68.7 Å². The van der Waals surface area contributed by atoms with Gasteiger partial charge >= 0.3 is 0 Å². The molecular formula is C14H13ClN2O3. The van der Waals surface area contributed by atoms with Crippen LogP contribution in [0.25, 0.3) is 0 Å². The molecule has 0 saturated carbocycles. The third-order valence-electron chi connectivity index (χ3n) is 2.87. The van der Waals surface area contributed by atoms with Crippen molar-refractivity contribution in [3.8, 4) is 0 Å². The van der Waals surface area contributed by atoms with Crippen molar-refractivity contribution in [2.75, 3.05) is 5.32 Å². The van der Waals surface area contributed by atoms with Crippen LogP contribution >= 0.6 is 11.6 Å². The zero-order chi connectivity index (χ0) is 14.5. The molecule has 0 fully saturated rings. The van der Waals surface area contributed by atoms with E-state index < -0.39 is 4.92 Å². The number of hydrogen-bond donors (Lipinski definition) is 2. The van der Waals surface area contributed by atoms with E-state index in [1.165, 1.54) is 6.07 Å². The lowest BCUT2D eigenvalue weighted by Gasteiger charge is -2.10. The summed E-state index contributed by atoms with van der Waals surface area (Å²) in [6.07, 6.45) is 0. The highest BCUT2D eigenvalue weighted by atomic mass is 35.5. The molecule has 0 unspecified atom stereocenters. The number of nitro groups is 1. The fourth-order valence-corrected chi connectivity index (χ4v) is 2.02. The lowest BCUT2D eigenvalue weighted by molar-refractivity contribution is -0.385. The van der Waals surface area contributed by atoms with Crippen molar-refractivity contribution in [1.82, 2.24) is 0 Å². The first-order valence-electron chi connectivity index (χ1n) is 5.97. The number of hydrogen-bond acceptors (Lipinski definition) is 4. The number of nitrogens with zero attached hydrogens (tertiary/aromatic N) is 1. The lowest BCUT2D eigenvalue weighted by atomic mass is 10.1. The quantitative estimate of drug-likeness (QED) is 0.654. The number of halogens is 1. The molecule has 2 rings (SSSR count). The maximum absolute atomic E-state index is 10.9. The zero-order valence-electron chi connectivity index (χ0n) is 10.5. The van der Waals surface area contributed by atoms with Gasteiger partial charge in [-0.25, -0.2) is 0 Å². The minimum Gasteiger partial charge on any atom is -0.392 e. The van der Waals surface area contributed by atoms with Gasteiger partial charge in [-0.2, -0.15) is 0 Å². The summed E-state index contributed by atoms with van der Waals surface area (Å²) in [6, 6.07) is 11.6. The fourth-order valence-electron chi connectivity index (χ4n) is 1.84. The molecular weight excluding hydrogens is 280 g/mol. The predicted octanol–water partition coefficient (Wildman–Crippen LogP) is 3.35. The van der Waals surface area contributed by atoms with Gasteiger partial charge in [-0.15, -0.1) is 0 Å². The molecule has 0 aliphatic heterocycles. The summed E-state index contributed by atoms with van der Waals surface area (Å²) >= 11 is 6.04. The number of anilines is 1. The van der Waals surface area contributed by atoms with Crippen LogP contribution in [0.15, 0.2) is 42.5 Å². The average molecular weight is 293 g/mol. The van der Waals surface area contributed by atoms with Crippen LogP contribution in [0.2, 0.25) is 5.02 Å². The summed E-state index contributed by atoms with van der Waals surface area (Å²) < 4.78 is 0. The second-order valence-electron chi connectivity index (χ2n) is 4.21. The maximum atomic E-state index is 10.9. The molecule has 0 bridgehead atoms. The second kappa shape index (κ2) is 6.36. The number of benzene rings is 2. The third-order valence-corrected chi connectivity index (χ3v) is 3.20. The van der Waals surface area contributed by atoms with Gasteiger partial charge in [0.1, 0.15) is 0 Å².